The molecule has 2 fully saturated rings. The van der Waals surface area contributed by atoms with Crippen LogP contribution in [0.2, 0.25) is 0 Å². The van der Waals surface area contributed by atoms with Crippen LogP contribution in [0.25, 0.3) is 20.8 Å². The van der Waals surface area contributed by atoms with E-state index in [4.69, 9.17) is 9.47 Å². The summed E-state index contributed by atoms with van der Waals surface area (Å²) in [5, 5.41) is 5.41. The number of ether oxygens (including phenoxy) is 2. The fourth-order valence-corrected chi connectivity index (χ4v) is 6.51. The molecule has 1 saturated heterocycles. The van der Waals surface area contributed by atoms with E-state index in [0.29, 0.717) is 47.0 Å². The minimum atomic E-state index is -4.53. The van der Waals surface area contributed by atoms with Gasteiger partial charge in [-0.2, -0.15) is 13.2 Å². The second-order valence-electron chi connectivity index (χ2n) is 11.7. The van der Waals surface area contributed by atoms with Gasteiger partial charge in [-0.05, 0) is 49.6 Å². The molecule has 1 aromatic carbocycles. The summed E-state index contributed by atoms with van der Waals surface area (Å²) in [6, 6.07) is 9.51. The van der Waals surface area contributed by atoms with Gasteiger partial charge in [-0.1, -0.05) is 6.07 Å². The predicted octanol–water partition coefficient (Wildman–Crippen LogP) is 6.58. The van der Waals surface area contributed by atoms with Crippen LogP contribution in [-0.2, 0) is 16.1 Å². The number of hydrogen-bond donors (Lipinski definition) is 2. The van der Waals surface area contributed by atoms with Crippen LogP contribution in [0.15, 0.2) is 54.9 Å². The van der Waals surface area contributed by atoms with E-state index in [-0.39, 0.29) is 37.5 Å². The predicted molar refractivity (Wildman–Crippen MR) is 172 cm³/mol. The first-order valence-electron chi connectivity index (χ1n) is 15.6. The van der Waals surface area contributed by atoms with Crippen LogP contribution in [0.3, 0.4) is 0 Å². The molecule has 254 valence electrons. The van der Waals surface area contributed by atoms with Crippen molar-refractivity contribution >= 4 is 39.2 Å². The molecule has 4 heterocycles. The number of anilines is 1. The number of carbonyl (C=O) groups excluding carboxylic acids is 2. The Balaban J connectivity index is 1.07. The fourth-order valence-electron chi connectivity index (χ4n) is 5.47. The van der Waals surface area contributed by atoms with E-state index in [1.165, 1.54) is 28.4 Å². The Morgan fingerprint density at radius 1 is 1.04 bits per heavy atom. The van der Waals surface area contributed by atoms with E-state index in [0.717, 1.165) is 23.3 Å². The van der Waals surface area contributed by atoms with Crippen molar-refractivity contribution < 1.29 is 36.6 Å². The zero-order chi connectivity index (χ0) is 33.8. The highest BCUT2D eigenvalue weighted by Gasteiger charge is 2.45. The molecule has 1 aliphatic heterocycles. The molecule has 1 aliphatic carbocycles. The lowest BCUT2D eigenvalue weighted by molar-refractivity contribution is -0.195. The standard InChI is InChI=1S/C33H34F4N6O4S/c1-2-46-30(44)17-29(33(35,36)37)43-13-11-42(12-14-43)19-20-3-7-24(39-18-20)28-16-25-31(48-28)27(9-10-38-25)47-26-8-6-22(15-23(26)34)41-32(45)40-21-4-5-21/h3,6-10,15-16,18,21,29H,2,4-5,11-14,17,19H2,1H3,(H2,40,41,45). The molecule has 2 N–H and O–H groups in total. The van der Waals surface area contributed by atoms with Crippen molar-refractivity contribution in [3.05, 3.63) is 66.2 Å². The molecule has 0 radical (unpaired) electrons. The molecule has 3 aromatic heterocycles. The maximum absolute atomic E-state index is 14.9. The zero-order valence-corrected chi connectivity index (χ0v) is 26.9. The number of alkyl halides is 3. The van der Waals surface area contributed by atoms with Crippen LogP contribution in [0.1, 0.15) is 31.7 Å². The fraction of sp³-hybridized carbons (Fsp3) is 0.394. The van der Waals surface area contributed by atoms with Crippen LogP contribution in [0.4, 0.5) is 28.0 Å². The van der Waals surface area contributed by atoms with E-state index < -0.39 is 30.4 Å². The molecule has 10 nitrogen and oxygen atoms in total. The number of amides is 2. The average molecular weight is 687 g/mol. The van der Waals surface area contributed by atoms with Crippen LogP contribution in [0, 0.1) is 5.82 Å². The molecule has 2 aliphatic rings. The monoisotopic (exact) mass is 686 g/mol. The summed E-state index contributed by atoms with van der Waals surface area (Å²) in [5.74, 6) is -1.05. The number of carbonyl (C=O) groups is 2. The van der Waals surface area contributed by atoms with Crippen LogP contribution in [-0.4, -0.2) is 82.8 Å². The van der Waals surface area contributed by atoms with Gasteiger partial charge in [0.05, 0.1) is 33.8 Å². The lowest BCUT2D eigenvalue weighted by Gasteiger charge is -2.39. The van der Waals surface area contributed by atoms with Crippen molar-refractivity contribution in [3.63, 3.8) is 0 Å². The number of nitrogens with one attached hydrogen (secondary N) is 2. The van der Waals surface area contributed by atoms with Crippen molar-refractivity contribution in [1.29, 1.82) is 0 Å². The molecule has 15 heteroatoms. The van der Waals surface area contributed by atoms with Gasteiger partial charge in [-0.15, -0.1) is 11.3 Å². The van der Waals surface area contributed by atoms with E-state index in [1.54, 1.807) is 31.5 Å². The van der Waals surface area contributed by atoms with Crippen molar-refractivity contribution in [2.75, 3.05) is 38.1 Å². The van der Waals surface area contributed by atoms with Crippen molar-refractivity contribution in [2.24, 2.45) is 0 Å². The molecular formula is C33H34F4N6O4S. The van der Waals surface area contributed by atoms with Gasteiger partial charge >= 0.3 is 18.2 Å². The second kappa shape index (κ2) is 14.4. The van der Waals surface area contributed by atoms with Crippen LogP contribution < -0.4 is 15.4 Å². The summed E-state index contributed by atoms with van der Waals surface area (Å²) in [5.41, 5.74) is 2.59. The average Bonchev–Trinajstić information content (AvgIpc) is 3.75. The number of aromatic nitrogens is 2. The molecule has 48 heavy (non-hydrogen) atoms. The first-order valence-corrected chi connectivity index (χ1v) is 16.4. The summed E-state index contributed by atoms with van der Waals surface area (Å²) in [6.07, 6.45) is -0.0344. The first-order chi connectivity index (χ1) is 23.1. The summed E-state index contributed by atoms with van der Waals surface area (Å²) in [7, 11) is 0. The third-order valence-corrected chi connectivity index (χ3v) is 9.23. The van der Waals surface area contributed by atoms with Gasteiger partial charge in [0.1, 0.15) is 11.8 Å². The number of hydrogen-bond acceptors (Lipinski definition) is 9. The number of rotatable bonds is 11. The Labute approximate surface area is 278 Å². The Morgan fingerprint density at radius 2 is 1.83 bits per heavy atom. The number of thiophene rings is 1. The summed E-state index contributed by atoms with van der Waals surface area (Å²) < 4.78 is 67.4. The maximum Gasteiger partial charge on any atom is 0.404 e. The molecule has 6 rings (SSSR count). The number of benzene rings is 1. The summed E-state index contributed by atoms with van der Waals surface area (Å²) >= 11 is 1.40. The Morgan fingerprint density at radius 3 is 2.50 bits per heavy atom. The van der Waals surface area contributed by atoms with Gasteiger partial charge in [0.15, 0.2) is 11.6 Å². The number of esters is 1. The van der Waals surface area contributed by atoms with Crippen molar-refractivity contribution in [3.8, 4) is 22.1 Å². The lowest BCUT2D eigenvalue weighted by Crippen LogP contribution is -2.55. The Hall–Kier alpha value is -4.34. The summed E-state index contributed by atoms with van der Waals surface area (Å²) in [6.45, 7) is 3.31. The van der Waals surface area contributed by atoms with Gasteiger partial charge in [-0.3, -0.25) is 24.6 Å². The number of fused-ring (bicyclic) bond motifs is 1. The minimum absolute atomic E-state index is 0.00170. The molecule has 1 atom stereocenters. The molecule has 4 aromatic rings. The Bertz CT molecular complexity index is 1760. The second-order valence-corrected chi connectivity index (χ2v) is 12.7. The lowest BCUT2D eigenvalue weighted by atomic mass is 10.1. The maximum atomic E-state index is 14.9. The highest BCUT2D eigenvalue weighted by atomic mass is 32.1. The van der Waals surface area contributed by atoms with E-state index in [2.05, 4.69) is 25.5 Å². The minimum Gasteiger partial charge on any atom is -0.466 e. The van der Waals surface area contributed by atoms with E-state index in [9.17, 15) is 27.2 Å². The smallest absolute Gasteiger partial charge is 0.404 e. The van der Waals surface area contributed by atoms with Gasteiger partial charge in [0.25, 0.3) is 0 Å². The van der Waals surface area contributed by atoms with Gasteiger partial charge in [0.2, 0.25) is 0 Å². The molecule has 0 bridgehead atoms. The number of pyridine rings is 2. The van der Waals surface area contributed by atoms with E-state index >= 15 is 0 Å². The molecular weight excluding hydrogens is 652 g/mol. The SMILES string of the molecule is CCOC(=O)CC(N1CCN(Cc2ccc(-c3cc4nccc(Oc5ccc(NC(=O)NC6CC6)cc5F)c4s3)nc2)CC1)C(F)(F)F. The highest BCUT2D eigenvalue weighted by molar-refractivity contribution is 7.22. The first kappa shape index (κ1) is 33.6. The zero-order valence-electron chi connectivity index (χ0n) is 26.1. The number of piperazine rings is 1. The highest BCUT2D eigenvalue weighted by Crippen LogP contribution is 2.39. The Kier molecular flexibility index (Phi) is 10.1. The molecule has 1 saturated carbocycles. The number of urea groups is 1. The topological polar surface area (TPSA) is 109 Å². The molecule has 0 spiro atoms. The van der Waals surface area contributed by atoms with Crippen molar-refractivity contribution in [1.82, 2.24) is 25.1 Å². The third-order valence-electron chi connectivity index (χ3n) is 8.07. The van der Waals surface area contributed by atoms with Gasteiger partial charge < -0.3 is 20.1 Å². The molecule has 1 unspecified atom stereocenters. The largest absolute Gasteiger partial charge is 0.466 e. The summed E-state index contributed by atoms with van der Waals surface area (Å²) in [4.78, 5) is 37.0. The van der Waals surface area contributed by atoms with Crippen LogP contribution >= 0.6 is 11.3 Å². The van der Waals surface area contributed by atoms with Gasteiger partial charge in [0, 0.05) is 69.0 Å². The number of nitrogens with zero attached hydrogens (tertiary/aromatic N) is 4. The van der Waals surface area contributed by atoms with Crippen LogP contribution in [0.5, 0.6) is 11.5 Å². The van der Waals surface area contributed by atoms with E-state index in [1.807, 2.05) is 18.2 Å². The normalized spacial score (nSPS) is 16.4. The quantitative estimate of drug-likeness (QED) is 0.135. The third kappa shape index (κ3) is 8.38. The van der Waals surface area contributed by atoms with Crippen molar-refractivity contribution in [2.45, 2.75) is 51.0 Å². The molecule has 2 amide bonds. The number of halogens is 4. The van der Waals surface area contributed by atoms with Gasteiger partial charge in [-0.25, -0.2) is 9.18 Å².